The van der Waals surface area contributed by atoms with Gasteiger partial charge in [0, 0.05) is 0 Å². The van der Waals surface area contributed by atoms with E-state index in [9.17, 15) is 13.6 Å². The largest absolute Gasteiger partial charge is 0.465 e. The van der Waals surface area contributed by atoms with E-state index in [2.05, 4.69) is 24.5 Å². The van der Waals surface area contributed by atoms with Crippen LogP contribution in [-0.4, -0.2) is 51.9 Å². The average Bonchev–Trinajstić information content (AvgIpc) is 2.92. The minimum atomic E-state index is -3.90. The molecule has 0 aromatic carbocycles. The van der Waals surface area contributed by atoms with Gasteiger partial charge in [0.15, 0.2) is 5.79 Å². The number of halogens is 2. The van der Waals surface area contributed by atoms with Gasteiger partial charge in [0.1, 0.15) is 12.2 Å². The van der Waals surface area contributed by atoms with Crippen molar-refractivity contribution in [3.8, 4) is 0 Å². The van der Waals surface area contributed by atoms with Gasteiger partial charge in [-0.3, -0.25) is 0 Å². The molecule has 1 rings (SSSR count). The van der Waals surface area contributed by atoms with Crippen molar-refractivity contribution in [1.29, 1.82) is 0 Å². The molecule has 0 spiro atoms. The molecule has 0 aliphatic carbocycles. The molecule has 1 heterocycles. The Morgan fingerprint density at radius 1 is 1.27 bits per heavy atom. The highest BCUT2D eigenvalue weighted by atomic mass is 28.4. The lowest BCUT2D eigenvalue weighted by molar-refractivity contribution is -0.205. The predicted molar refractivity (Wildman–Crippen MR) is 97.5 cm³/mol. The fourth-order valence-corrected chi connectivity index (χ4v) is 6.16. The Labute approximate surface area is 154 Å². The summed E-state index contributed by atoms with van der Waals surface area (Å²) in [5.74, 6) is -6.61. The maximum absolute atomic E-state index is 14.8. The van der Waals surface area contributed by atoms with Gasteiger partial charge in [0.05, 0.1) is 13.7 Å². The third-order valence-electron chi connectivity index (χ3n) is 4.11. The number of allylic oxidation sites excluding steroid dienone is 3. The first-order valence-corrected chi connectivity index (χ1v) is 10.9. The van der Waals surface area contributed by atoms with Crippen LogP contribution in [0.3, 0.4) is 0 Å². The van der Waals surface area contributed by atoms with Gasteiger partial charge in [-0.05, 0) is 32.0 Å². The third kappa shape index (κ3) is 5.32. The summed E-state index contributed by atoms with van der Waals surface area (Å²) in [6.45, 7) is 14.2. The summed E-state index contributed by atoms with van der Waals surface area (Å²) in [5, 5.41) is 0. The zero-order valence-corrected chi connectivity index (χ0v) is 16.6. The molecule has 0 amide bonds. The Hall–Kier alpha value is -1.35. The van der Waals surface area contributed by atoms with Gasteiger partial charge in [0.25, 0.3) is 0 Å². The van der Waals surface area contributed by atoms with E-state index in [1.165, 1.54) is 0 Å². The molecule has 8 heteroatoms. The first-order chi connectivity index (χ1) is 12.1. The number of methoxy groups -OCH3 is 1. The van der Waals surface area contributed by atoms with Crippen molar-refractivity contribution in [1.82, 2.24) is 0 Å². The van der Waals surface area contributed by atoms with Crippen LogP contribution in [0.5, 0.6) is 0 Å². The molecule has 0 bridgehead atoms. The zero-order valence-electron chi connectivity index (χ0n) is 15.6. The number of carbonyl (C=O) groups is 1. The van der Waals surface area contributed by atoms with Crippen LogP contribution in [0.1, 0.15) is 13.8 Å². The molecule has 1 aliphatic rings. The first-order valence-electron chi connectivity index (χ1n) is 8.36. The van der Waals surface area contributed by atoms with Crippen LogP contribution in [0.25, 0.3) is 0 Å². The van der Waals surface area contributed by atoms with Crippen LogP contribution in [0.15, 0.2) is 38.0 Å². The Morgan fingerprint density at radius 2 is 1.77 bits per heavy atom. The lowest BCUT2D eigenvalue weighted by Crippen LogP contribution is -2.56. The number of carbonyl (C=O) groups excluding carboxylic acids is 1. The van der Waals surface area contributed by atoms with Crippen LogP contribution >= 0.6 is 0 Å². The van der Waals surface area contributed by atoms with Crippen molar-refractivity contribution in [2.75, 3.05) is 13.7 Å². The van der Waals surface area contributed by atoms with Crippen molar-refractivity contribution in [3.05, 3.63) is 38.0 Å². The van der Waals surface area contributed by atoms with Gasteiger partial charge < -0.3 is 18.6 Å². The molecular weight excluding hydrogens is 362 g/mol. The molecule has 0 aromatic heterocycles. The minimum Gasteiger partial charge on any atom is -0.465 e. The molecule has 1 aliphatic heterocycles. The zero-order chi connectivity index (χ0) is 20.0. The van der Waals surface area contributed by atoms with Gasteiger partial charge in [-0.2, -0.15) is 8.78 Å². The molecule has 0 aromatic rings. The van der Waals surface area contributed by atoms with E-state index in [0.29, 0.717) is 18.1 Å². The second-order valence-corrected chi connectivity index (χ2v) is 10.5. The number of hydrogen-bond acceptors (Lipinski definition) is 5. The van der Waals surface area contributed by atoms with Crippen LogP contribution in [0.4, 0.5) is 8.78 Å². The minimum absolute atomic E-state index is 0.120. The van der Waals surface area contributed by atoms with Gasteiger partial charge >= 0.3 is 11.9 Å². The van der Waals surface area contributed by atoms with Gasteiger partial charge in [0.2, 0.25) is 8.32 Å². The van der Waals surface area contributed by atoms with E-state index in [-0.39, 0.29) is 6.61 Å². The second kappa shape index (κ2) is 9.03. The number of hydrogen-bond donors (Lipinski definition) is 0. The van der Waals surface area contributed by atoms with Crippen LogP contribution in [0.2, 0.25) is 18.1 Å². The number of esters is 1. The summed E-state index contributed by atoms with van der Waals surface area (Å²) in [4.78, 5) is 11.8. The normalized spacial score (nSPS) is 21.0. The van der Waals surface area contributed by atoms with Crippen molar-refractivity contribution < 1.29 is 32.2 Å². The molecule has 0 radical (unpaired) electrons. The first kappa shape index (κ1) is 22.7. The SMILES string of the molecule is C=CC[Si](CC=C)(CC=C)OC(C1COC(C)(C)O1)C(F)(F)C(=O)OC. The maximum atomic E-state index is 14.8. The monoisotopic (exact) mass is 390 g/mol. The van der Waals surface area contributed by atoms with Gasteiger partial charge in [-0.1, -0.05) is 18.2 Å². The van der Waals surface area contributed by atoms with Crippen molar-refractivity contribution >= 4 is 14.3 Å². The van der Waals surface area contributed by atoms with E-state index in [1.807, 2.05) is 0 Å². The quantitative estimate of drug-likeness (QED) is 0.305. The molecule has 0 saturated carbocycles. The van der Waals surface area contributed by atoms with Crippen molar-refractivity contribution in [3.63, 3.8) is 0 Å². The van der Waals surface area contributed by atoms with Gasteiger partial charge in [-0.25, -0.2) is 4.79 Å². The van der Waals surface area contributed by atoms with Crippen molar-refractivity contribution in [2.24, 2.45) is 0 Å². The maximum Gasteiger partial charge on any atom is 0.379 e. The van der Waals surface area contributed by atoms with Crippen LogP contribution in [-0.2, 0) is 23.4 Å². The van der Waals surface area contributed by atoms with E-state index in [1.54, 1.807) is 32.1 Å². The second-order valence-electron chi connectivity index (χ2n) is 6.68. The lowest BCUT2D eigenvalue weighted by atomic mass is 10.1. The fraction of sp³-hybridized carbons (Fsp3) is 0.611. The molecule has 26 heavy (non-hydrogen) atoms. The topological polar surface area (TPSA) is 54.0 Å². The third-order valence-corrected chi connectivity index (χ3v) is 7.96. The fourth-order valence-electron chi connectivity index (χ4n) is 2.95. The highest BCUT2D eigenvalue weighted by molar-refractivity contribution is 6.75. The molecule has 148 valence electrons. The summed E-state index contributed by atoms with van der Waals surface area (Å²) >= 11 is 0. The van der Waals surface area contributed by atoms with E-state index < -0.39 is 38.2 Å². The van der Waals surface area contributed by atoms with Crippen molar-refractivity contribution in [2.45, 2.75) is 55.9 Å². The summed E-state index contributed by atoms with van der Waals surface area (Å²) in [5.41, 5.74) is 0. The Morgan fingerprint density at radius 3 is 2.12 bits per heavy atom. The number of alkyl halides is 2. The Balaban J connectivity index is 3.29. The number of ether oxygens (including phenoxy) is 3. The molecule has 0 N–H and O–H groups in total. The smallest absolute Gasteiger partial charge is 0.379 e. The van der Waals surface area contributed by atoms with Crippen LogP contribution < -0.4 is 0 Å². The highest BCUT2D eigenvalue weighted by Gasteiger charge is 2.58. The molecule has 5 nitrogen and oxygen atoms in total. The summed E-state index contributed by atoms with van der Waals surface area (Å²) < 4.78 is 51.0. The van der Waals surface area contributed by atoms with E-state index in [0.717, 1.165) is 7.11 Å². The van der Waals surface area contributed by atoms with E-state index >= 15 is 0 Å². The molecular formula is C18H28F2O5Si. The van der Waals surface area contributed by atoms with Gasteiger partial charge in [-0.15, -0.1) is 19.7 Å². The summed E-state index contributed by atoms with van der Waals surface area (Å²) in [6.07, 6.45) is 1.92. The molecule has 1 saturated heterocycles. The molecule has 2 unspecified atom stereocenters. The molecule has 1 fully saturated rings. The Bertz CT molecular complexity index is 509. The lowest BCUT2D eigenvalue weighted by Gasteiger charge is -2.38. The average molecular weight is 390 g/mol. The summed E-state index contributed by atoms with van der Waals surface area (Å²) in [6, 6.07) is 1.20. The van der Waals surface area contributed by atoms with Crippen LogP contribution in [0, 0.1) is 0 Å². The Kier molecular flexibility index (Phi) is 7.88. The van der Waals surface area contributed by atoms with E-state index in [4.69, 9.17) is 13.9 Å². The standard InChI is InChI=1S/C18H28F2O5Si/c1-7-10-26(11-8-2,12-9-3)25-15(18(19,20)16(21)22-6)14-13-23-17(4,5)24-14/h7-9,14-15H,1-3,10-13H2,4-6H3. The molecule has 2 atom stereocenters. The predicted octanol–water partition coefficient (Wildman–Crippen LogP) is 3.83. The summed E-state index contributed by atoms with van der Waals surface area (Å²) in [7, 11) is -1.91. The highest BCUT2D eigenvalue weighted by Crippen LogP contribution is 2.37. The number of rotatable bonds is 11.